The Hall–Kier alpha value is -9.17. The molecule has 27 nitrogen and oxygen atoms in total. The fraction of sp³-hybridized carbons (Fsp3) is 0.328. The number of hydrogen-bond donors (Lipinski definition) is 10. The molecule has 1 saturated carbocycles. The lowest BCUT2D eigenvalue weighted by Crippen LogP contribution is -2.58. The number of urea groups is 1. The van der Waals surface area contributed by atoms with Crippen molar-refractivity contribution in [2.45, 2.75) is 88.7 Å². The van der Waals surface area contributed by atoms with Crippen LogP contribution >= 0.6 is 38.8 Å². The number of rotatable bonds is 28. The van der Waals surface area contributed by atoms with Gasteiger partial charge in [-0.2, -0.15) is 0 Å². The summed E-state index contributed by atoms with van der Waals surface area (Å²) < 4.78 is 40.1. The zero-order chi connectivity index (χ0) is 70.1. The van der Waals surface area contributed by atoms with E-state index in [4.69, 9.17) is 42.7 Å². The number of nitrogens with two attached hydrogens (primary N) is 1. The van der Waals surface area contributed by atoms with Crippen molar-refractivity contribution in [2.75, 3.05) is 64.9 Å². The van der Waals surface area contributed by atoms with Crippen molar-refractivity contribution < 1.29 is 85.6 Å². The maximum absolute atomic E-state index is 14.3. The molecule has 3 heterocycles. The van der Waals surface area contributed by atoms with Gasteiger partial charge >= 0.3 is 27.8 Å². The Labute approximate surface area is 571 Å². The van der Waals surface area contributed by atoms with Crippen LogP contribution in [0.2, 0.25) is 0 Å². The van der Waals surface area contributed by atoms with Gasteiger partial charge in [-0.25, -0.2) is 18.7 Å². The molecule has 516 valence electrons. The fourth-order valence-corrected chi connectivity index (χ4v) is 13.9. The number of primary amides is 1. The third-order valence-electron chi connectivity index (χ3n) is 17.5. The molecule has 3 aliphatic heterocycles. The van der Waals surface area contributed by atoms with E-state index in [1.54, 1.807) is 72.8 Å². The van der Waals surface area contributed by atoms with Crippen LogP contribution in [0.3, 0.4) is 0 Å². The number of amides is 10. The first kappa shape index (κ1) is 71.6. The molecule has 2 fully saturated rings. The van der Waals surface area contributed by atoms with E-state index in [1.165, 1.54) is 69.3 Å². The average Bonchev–Trinajstić information content (AvgIpc) is 1.56. The van der Waals surface area contributed by atoms with Crippen LogP contribution in [0.25, 0.3) is 33.7 Å². The van der Waals surface area contributed by atoms with Gasteiger partial charge in [0.25, 0.3) is 11.8 Å². The van der Waals surface area contributed by atoms with Crippen LogP contribution in [-0.4, -0.2) is 128 Å². The largest absolute Gasteiger partial charge is 0.524 e. The van der Waals surface area contributed by atoms with E-state index in [1.807, 2.05) is 0 Å². The monoisotopic (exact) mass is 1420 g/mol. The highest BCUT2D eigenvalue weighted by Gasteiger charge is 2.51. The fourth-order valence-electron chi connectivity index (χ4n) is 12.5. The predicted octanol–water partition coefficient (Wildman–Crippen LogP) is 8.93. The lowest BCUT2D eigenvalue weighted by Gasteiger charge is -2.39. The Bertz CT molecular complexity index is 4280. The summed E-state index contributed by atoms with van der Waals surface area (Å²) in [5, 5.41) is 15.5. The summed E-state index contributed by atoms with van der Waals surface area (Å²) in [5.74, 6) is -4.12. The average molecular weight is 1420 g/mol. The lowest BCUT2D eigenvalue weighted by atomic mass is 9.67. The van der Waals surface area contributed by atoms with Crippen LogP contribution in [0, 0.1) is 5.41 Å². The number of benzene rings is 6. The highest BCUT2D eigenvalue weighted by atomic mass is 35.5. The van der Waals surface area contributed by atoms with Crippen molar-refractivity contribution in [3.05, 3.63) is 143 Å². The smallest absolute Gasteiger partial charge is 0.444 e. The number of halogens is 2. The summed E-state index contributed by atoms with van der Waals surface area (Å²) in [6.07, 6.45) is 7.95. The van der Waals surface area contributed by atoms with Crippen LogP contribution in [0.5, 0.6) is 11.5 Å². The standard InChI is InChI=1S/C67H71Cl2N9O18P2/c68-35-43-37-77(52-33-54(95-97(88,89)90)46-10-2-4-12-48(46)60(43)52)58(81)23-18-40-15-19-42(20-24-59(82)78-38-44(36-69)61-49-13-5-3-11-47(49)55(34-53(61)78)96-98(91,92)93)51(32-40)75-66(87)94-39-41-16-21-45(22-17-41)73-62(83)50(14-8-30-72-65(70)86)74-64(85)67(27-9-28-67)63(84)71-29-6-1-7-31-76-56(79)25-26-57(76)80/h2-5,10-13,15-24,32-34,43-44,50H,1,6-9,14,25-31,35-39H2,(H,71,84)(H,73,83)(H,74,85)(H,75,87)(H3,70,72,86)(H2,88,89,90)(H2,91,92,93)/b23-18+,24-20+/t43-,44-,50+/m1/s1. The summed E-state index contributed by atoms with van der Waals surface area (Å²) in [6, 6.07) is 25.3. The summed E-state index contributed by atoms with van der Waals surface area (Å²) in [7, 11) is -10.1. The number of hydrogen-bond acceptors (Lipinski definition) is 14. The first-order valence-electron chi connectivity index (χ1n) is 31.5. The number of phosphoric ester groups is 2. The third kappa shape index (κ3) is 17.0. The molecule has 1 aliphatic carbocycles. The molecular formula is C67H71Cl2N9O18P2. The second kappa shape index (κ2) is 31.1. The van der Waals surface area contributed by atoms with E-state index in [0.717, 1.165) is 0 Å². The summed E-state index contributed by atoms with van der Waals surface area (Å²) in [4.78, 5) is 163. The predicted molar refractivity (Wildman–Crippen MR) is 366 cm³/mol. The number of fused-ring (bicyclic) bond motifs is 6. The number of imide groups is 1. The van der Waals surface area contributed by atoms with Gasteiger partial charge in [-0.3, -0.25) is 63.4 Å². The number of carbonyl (C=O) groups excluding carboxylic acids is 9. The minimum atomic E-state index is -5.06. The van der Waals surface area contributed by atoms with Gasteiger partial charge in [-0.05, 0) is 114 Å². The molecule has 6 aromatic carbocycles. The van der Waals surface area contributed by atoms with Crippen LogP contribution in [0.15, 0.2) is 115 Å². The van der Waals surface area contributed by atoms with Gasteiger partial charge in [0.05, 0.1) is 17.1 Å². The van der Waals surface area contributed by atoms with Gasteiger partial charge in [0, 0.05) is 110 Å². The van der Waals surface area contributed by atoms with Gasteiger partial charge in [-0.1, -0.05) is 79.2 Å². The molecule has 98 heavy (non-hydrogen) atoms. The van der Waals surface area contributed by atoms with Crippen LogP contribution in [-0.2, 0) is 54.0 Å². The van der Waals surface area contributed by atoms with E-state index in [0.29, 0.717) is 93.1 Å². The highest BCUT2D eigenvalue weighted by molar-refractivity contribution is 7.47. The van der Waals surface area contributed by atoms with Crippen molar-refractivity contribution in [2.24, 2.45) is 11.1 Å². The second-order valence-electron chi connectivity index (χ2n) is 24.0. The molecule has 10 rings (SSSR count). The van der Waals surface area contributed by atoms with Gasteiger partial charge < -0.3 is 50.6 Å². The second-order valence-corrected chi connectivity index (χ2v) is 27.0. The number of unbranched alkanes of at least 4 members (excludes halogenated alkanes) is 2. The van der Waals surface area contributed by atoms with E-state index in [2.05, 4.69) is 26.6 Å². The first-order valence-corrected chi connectivity index (χ1v) is 35.6. The Morgan fingerprint density at radius 3 is 1.73 bits per heavy atom. The maximum Gasteiger partial charge on any atom is 0.524 e. The minimum absolute atomic E-state index is 0.0490. The number of ether oxygens (including phenoxy) is 1. The van der Waals surface area contributed by atoms with E-state index in [-0.39, 0.29) is 124 Å². The molecular weight excluding hydrogens is 1350 g/mol. The normalized spacial score (nSPS) is 16.8. The molecule has 0 bridgehead atoms. The minimum Gasteiger partial charge on any atom is -0.444 e. The molecule has 3 atom stereocenters. The zero-order valence-corrected chi connectivity index (χ0v) is 56.0. The molecule has 6 aromatic rings. The molecule has 10 amide bonds. The molecule has 11 N–H and O–H groups in total. The summed E-state index contributed by atoms with van der Waals surface area (Å²) in [6.45, 7) is 0.553. The Morgan fingerprint density at radius 1 is 0.653 bits per heavy atom. The molecule has 31 heteroatoms. The molecule has 0 spiro atoms. The number of nitrogens with one attached hydrogen (secondary N) is 5. The molecule has 0 radical (unpaired) electrons. The van der Waals surface area contributed by atoms with Crippen molar-refractivity contribution >= 4 is 149 Å². The number of likely N-dealkylation sites (tertiary alicyclic amines) is 1. The summed E-state index contributed by atoms with van der Waals surface area (Å²) >= 11 is 12.9. The Balaban J connectivity index is 0.836. The third-order valence-corrected chi connectivity index (χ3v) is 19.1. The quantitative estimate of drug-likeness (QED) is 0.00547. The number of nitrogens with zero attached hydrogens (tertiary/aromatic N) is 3. The highest BCUT2D eigenvalue weighted by Crippen LogP contribution is 2.51. The van der Waals surface area contributed by atoms with Gasteiger partial charge in [0.15, 0.2) is 0 Å². The van der Waals surface area contributed by atoms with Crippen molar-refractivity contribution in [1.29, 1.82) is 0 Å². The number of phosphoric acid groups is 2. The Morgan fingerprint density at radius 2 is 1.20 bits per heavy atom. The SMILES string of the molecule is NC(=O)NCCC[C@H](NC(=O)C1(C(=O)NCCCCCN2C(=O)CCC2=O)CCC1)C(=O)Nc1ccc(COC(=O)Nc2cc(/C=C/C(=O)N3C[C@@H](CCl)c4c3cc(OP(=O)(O)O)c3ccccc43)ccc2/C=C/C(=O)N2C[C@@H](CCl)c3c2cc(OP(=O)(O)O)c2ccccc32)cc1. The number of carbonyl (C=O) groups is 9. The van der Waals surface area contributed by atoms with Crippen LogP contribution in [0.1, 0.15) is 104 Å². The van der Waals surface area contributed by atoms with Gasteiger partial charge in [-0.15, -0.1) is 23.2 Å². The first-order chi connectivity index (χ1) is 46.8. The van der Waals surface area contributed by atoms with Crippen molar-refractivity contribution in [3.63, 3.8) is 0 Å². The number of alkyl halides is 2. The van der Waals surface area contributed by atoms with E-state index in [9.17, 15) is 71.9 Å². The van der Waals surface area contributed by atoms with Crippen LogP contribution in [0.4, 0.5) is 32.3 Å². The maximum atomic E-state index is 14.3. The summed E-state index contributed by atoms with van der Waals surface area (Å²) in [5.41, 5.74) is 7.33. The lowest BCUT2D eigenvalue weighted by molar-refractivity contribution is -0.151. The van der Waals surface area contributed by atoms with Crippen molar-refractivity contribution in [3.8, 4) is 11.5 Å². The number of anilines is 4. The van der Waals surface area contributed by atoms with Gasteiger partial charge in [0.2, 0.25) is 29.5 Å². The molecule has 0 aromatic heterocycles. The van der Waals surface area contributed by atoms with Crippen LogP contribution < -0.4 is 51.2 Å². The van der Waals surface area contributed by atoms with Crippen molar-refractivity contribution in [1.82, 2.24) is 20.9 Å². The van der Waals surface area contributed by atoms with E-state index >= 15 is 0 Å². The van der Waals surface area contributed by atoms with E-state index < -0.39 is 74.7 Å². The molecule has 4 aliphatic rings. The topological polar surface area (TPSA) is 392 Å². The Kier molecular flexibility index (Phi) is 22.7. The van der Waals surface area contributed by atoms with Gasteiger partial charge in [0.1, 0.15) is 29.6 Å². The zero-order valence-electron chi connectivity index (χ0n) is 52.7. The molecule has 0 unspecified atom stereocenters. The molecule has 1 saturated heterocycles.